The average molecular weight is 489 g/mol. The molecule has 156 valence electrons. The summed E-state index contributed by atoms with van der Waals surface area (Å²) < 4.78 is 6.78. The molecule has 0 atom stereocenters. The Hall–Kier alpha value is -2.58. The third-order valence-corrected chi connectivity index (χ3v) is 5.91. The van der Waals surface area contributed by atoms with E-state index in [9.17, 15) is 9.59 Å². The molecule has 0 aliphatic carbocycles. The molecule has 1 heterocycles. The lowest BCUT2D eigenvalue weighted by Crippen LogP contribution is -2.23. The molecule has 2 aromatic carbocycles. The number of ether oxygens (including phenoxy) is 1. The largest absolute Gasteiger partial charge is 0.493 e. The molecule has 0 bridgehead atoms. The van der Waals surface area contributed by atoms with E-state index in [1.807, 2.05) is 24.3 Å². The summed E-state index contributed by atoms with van der Waals surface area (Å²) in [7, 11) is 1.67. The SMILES string of the molecule is CCCCOc1ccc(Br)cc1/C=C1/SC(=Nc2ccc(C(=O)O)cc2)N(C)C1=O. The van der Waals surface area contributed by atoms with Gasteiger partial charge in [-0.2, -0.15) is 0 Å². The van der Waals surface area contributed by atoms with Crippen LogP contribution in [0.5, 0.6) is 5.75 Å². The fourth-order valence-corrected chi connectivity index (χ4v) is 4.03. The minimum absolute atomic E-state index is 0.152. The van der Waals surface area contributed by atoms with E-state index in [1.165, 1.54) is 28.8 Å². The normalized spacial score (nSPS) is 16.5. The van der Waals surface area contributed by atoms with Crippen molar-refractivity contribution in [2.24, 2.45) is 4.99 Å². The highest BCUT2D eigenvalue weighted by Gasteiger charge is 2.30. The maximum Gasteiger partial charge on any atom is 0.335 e. The molecule has 1 saturated heterocycles. The molecule has 1 aliphatic heterocycles. The van der Waals surface area contributed by atoms with Gasteiger partial charge in [-0.1, -0.05) is 29.3 Å². The van der Waals surface area contributed by atoms with Crippen molar-refractivity contribution in [1.29, 1.82) is 0 Å². The second-order valence-corrected chi connectivity index (χ2v) is 8.53. The van der Waals surface area contributed by atoms with Crippen molar-refractivity contribution in [1.82, 2.24) is 4.90 Å². The monoisotopic (exact) mass is 488 g/mol. The van der Waals surface area contributed by atoms with E-state index in [0.29, 0.717) is 22.4 Å². The summed E-state index contributed by atoms with van der Waals surface area (Å²) in [5, 5.41) is 9.53. The van der Waals surface area contributed by atoms with E-state index in [2.05, 4.69) is 27.8 Å². The third-order valence-electron chi connectivity index (χ3n) is 4.36. The molecule has 2 aromatic rings. The van der Waals surface area contributed by atoms with Crippen molar-refractivity contribution in [2.75, 3.05) is 13.7 Å². The zero-order valence-electron chi connectivity index (χ0n) is 16.6. The van der Waals surface area contributed by atoms with Gasteiger partial charge in [0.2, 0.25) is 0 Å². The van der Waals surface area contributed by atoms with Crippen LogP contribution in [0.25, 0.3) is 6.08 Å². The number of amidine groups is 1. The minimum Gasteiger partial charge on any atom is -0.493 e. The summed E-state index contributed by atoms with van der Waals surface area (Å²) in [5.41, 5.74) is 1.58. The molecule has 0 radical (unpaired) electrons. The number of halogens is 1. The molecular weight excluding hydrogens is 468 g/mol. The van der Waals surface area contributed by atoms with Crippen LogP contribution in [0, 0.1) is 0 Å². The Balaban J connectivity index is 1.86. The molecular formula is C22H21BrN2O4S. The Kier molecular flexibility index (Phi) is 7.33. The standard InChI is InChI=1S/C22H21BrN2O4S/c1-3-4-11-29-18-10-7-16(23)12-15(18)13-19-20(26)25(2)22(30-19)24-17-8-5-14(6-9-17)21(27)28/h5-10,12-13H,3-4,11H2,1-2H3,(H,27,28)/b19-13+,24-22?. The Labute approximate surface area is 187 Å². The topological polar surface area (TPSA) is 79.2 Å². The number of amides is 1. The first-order valence-electron chi connectivity index (χ1n) is 9.41. The fraction of sp³-hybridized carbons (Fsp3) is 0.227. The van der Waals surface area contributed by atoms with E-state index >= 15 is 0 Å². The van der Waals surface area contributed by atoms with Crippen LogP contribution in [0.4, 0.5) is 5.69 Å². The maximum atomic E-state index is 12.7. The molecule has 3 rings (SSSR count). The zero-order valence-corrected chi connectivity index (χ0v) is 19.0. The molecule has 1 N–H and O–H groups in total. The van der Waals surface area contributed by atoms with Gasteiger partial charge in [0.05, 0.1) is 22.8 Å². The lowest BCUT2D eigenvalue weighted by Gasteiger charge is -2.10. The van der Waals surface area contributed by atoms with E-state index in [1.54, 1.807) is 19.2 Å². The Morgan fingerprint density at radius 3 is 2.67 bits per heavy atom. The van der Waals surface area contributed by atoms with Gasteiger partial charge in [-0.15, -0.1) is 0 Å². The molecule has 8 heteroatoms. The highest BCUT2D eigenvalue weighted by Crippen LogP contribution is 2.35. The highest BCUT2D eigenvalue weighted by atomic mass is 79.9. The van der Waals surface area contributed by atoms with E-state index in [0.717, 1.165) is 28.6 Å². The van der Waals surface area contributed by atoms with Gasteiger partial charge in [0.25, 0.3) is 5.91 Å². The first kappa shape index (κ1) is 22.1. The lowest BCUT2D eigenvalue weighted by atomic mass is 10.2. The van der Waals surface area contributed by atoms with Crippen LogP contribution in [0.15, 0.2) is 56.8 Å². The number of carboxylic acids is 1. The number of hydrogen-bond acceptors (Lipinski definition) is 5. The van der Waals surface area contributed by atoms with Crippen molar-refractivity contribution in [3.05, 3.63) is 63.0 Å². The first-order valence-corrected chi connectivity index (χ1v) is 11.0. The number of aromatic carboxylic acids is 1. The number of rotatable bonds is 7. The number of thioether (sulfide) groups is 1. The molecule has 1 fully saturated rings. The predicted molar refractivity (Wildman–Crippen MR) is 123 cm³/mol. The molecule has 0 unspecified atom stereocenters. The molecule has 30 heavy (non-hydrogen) atoms. The third kappa shape index (κ3) is 5.31. The average Bonchev–Trinajstić information content (AvgIpc) is 2.98. The number of carboxylic acid groups (broad SMARTS) is 1. The Morgan fingerprint density at radius 2 is 2.00 bits per heavy atom. The minimum atomic E-state index is -0.993. The van der Waals surface area contributed by atoms with Crippen molar-refractivity contribution in [3.63, 3.8) is 0 Å². The second-order valence-electron chi connectivity index (χ2n) is 6.61. The molecule has 1 amide bonds. The first-order chi connectivity index (χ1) is 14.4. The maximum absolute atomic E-state index is 12.7. The number of nitrogens with zero attached hydrogens (tertiary/aromatic N) is 2. The summed E-state index contributed by atoms with van der Waals surface area (Å²) in [6.45, 7) is 2.72. The molecule has 0 spiro atoms. The number of benzene rings is 2. The van der Waals surface area contributed by atoms with Gasteiger partial charge in [0.1, 0.15) is 5.75 Å². The quantitative estimate of drug-likeness (QED) is 0.407. The molecule has 0 saturated carbocycles. The number of unbranched alkanes of at least 4 members (excludes halogenated alkanes) is 1. The Bertz CT molecular complexity index is 1020. The van der Waals surface area contributed by atoms with Gasteiger partial charge in [-0.25, -0.2) is 9.79 Å². The molecule has 0 aromatic heterocycles. The van der Waals surface area contributed by atoms with Gasteiger partial charge >= 0.3 is 5.97 Å². The van der Waals surface area contributed by atoms with Crippen LogP contribution in [-0.4, -0.2) is 40.7 Å². The molecule has 1 aliphatic rings. The van der Waals surface area contributed by atoms with Crippen molar-refractivity contribution >= 4 is 56.5 Å². The lowest BCUT2D eigenvalue weighted by molar-refractivity contribution is -0.121. The number of aliphatic imine (C=N–C) groups is 1. The van der Waals surface area contributed by atoms with Crippen LogP contribution in [-0.2, 0) is 4.79 Å². The van der Waals surface area contributed by atoms with Crippen LogP contribution in [0.1, 0.15) is 35.7 Å². The van der Waals surface area contributed by atoms with Gasteiger partial charge in [-0.05, 0) is 66.7 Å². The van der Waals surface area contributed by atoms with Crippen molar-refractivity contribution in [2.45, 2.75) is 19.8 Å². The van der Waals surface area contributed by atoms with Gasteiger partial charge in [0.15, 0.2) is 5.17 Å². The van der Waals surface area contributed by atoms with Gasteiger partial charge < -0.3 is 9.84 Å². The highest BCUT2D eigenvalue weighted by molar-refractivity contribution is 9.10. The number of carbonyl (C=O) groups excluding carboxylic acids is 1. The number of likely N-dealkylation sites (N-methyl/N-ethyl adjacent to an activating group) is 1. The second kappa shape index (κ2) is 9.95. The zero-order chi connectivity index (χ0) is 21.7. The van der Waals surface area contributed by atoms with Crippen molar-refractivity contribution in [3.8, 4) is 5.75 Å². The predicted octanol–water partition coefficient (Wildman–Crippen LogP) is 5.56. The van der Waals surface area contributed by atoms with Crippen molar-refractivity contribution < 1.29 is 19.4 Å². The van der Waals surface area contributed by atoms with Crippen LogP contribution >= 0.6 is 27.7 Å². The van der Waals surface area contributed by atoms with Crippen LogP contribution in [0.2, 0.25) is 0 Å². The van der Waals surface area contributed by atoms with Gasteiger partial charge in [0, 0.05) is 17.1 Å². The summed E-state index contributed by atoms with van der Waals surface area (Å²) in [6, 6.07) is 11.9. The molecule has 6 nitrogen and oxygen atoms in total. The van der Waals surface area contributed by atoms with Crippen LogP contribution in [0.3, 0.4) is 0 Å². The number of hydrogen-bond donors (Lipinski definition) is 1. The summed E-state index contributed by atoms with van der Waals surface area (Å²) in [5.74, 6) is -0.418. The summed E-state index contributed by atoms with van der Waals surface area (Å²) >= 11 is 4.74. The fourth-order valence-electron chi connectivity index (χ4n) is 2.67. The van der Waals surface area contributed by atoms with E-state index < -0.39 is 5.97 Å². The van der Waals surface area contributed by atoms with Crippen LogP contribution < -0.4 is 4.74 Å². The van der Waals surface area contributed by atoms with E-state index in [-0.39, 0.29) is 11.5 Å². The van der Waals surface area contributed by atoms with Gasteiger partial charge in [-0.3, -0.25) is 9.69 Å². The summed E-state index contributed by atoms with van der Waals surface area (Å²) in [4.78, 5) is 30.2. The summed E-state index contributed by atoms with van der Waals surface area (Å²) in [6.07, 6.45) is 3.81. The number of carbonyl (C=O) groups is 2. The smallest absolute Gasteiger partial charge is 0.335 e. The Morgan fingerprint density at radius 1 is 1.27 bits per heavy atom. The van der Waals surface area contributed by atoms with E-state index in [4.69, 9.17) is 9.84 Å².